The van der Waals surface area contributed by atoms with Crippen LogP contribution in [0.5, 0.6) is 0 Å². The molecular weight excluding hydrogens is 371 g/mol. The first-order valence-corrected chi connectivity index (χ1v) is 8.63. The zero-order valence-corrected chi connectivity index (χ0v) is 15.6. The number of nitrogens with one attached hydrogen (secondary N) is 2. The molecule has 0 saturated heterocycles. The molecule has 5 nitrogen and oxygen atoms in total. The number of amides is 2. The van der Waals surface area contributed by atoms with E-state index in [-0.39, 0.29) is 30.1 Å². The molecule has 1 unspecified atom stereocenters. The molecule has 0 aliphatic heterocycles. The number of hydrogen-bond acceptors (Lipinski definition) is 3. The normalized spacial score (nSPS) is 12.4. The Morgan fingerprint density at radius 2 is 1.75 bits per heavy atom. The van der Waals surface area contributed by atoms with E-state index < -0.39 is 23.7 Å². The van der Waals surface area contributed by atoms with Gasteiger partial charge in [-0.3, -0.25) is 9.59 Å². The van der Waals surface area contributed by atoms with Gasteiger partial charge in [-0.25, -0.2) is 0 Å². The summed E-state index contributed by atoms with van der Waals surface area (Å²) in [5, 5.41) is 5.16. The Kier molecular flexibility index (Phi) is 6.80. The molecule has 0 fully saturated rings. The van der Waals surface area contributed by atoms with E-state index in [0.29, 0.717) is 0 Å². The number of rotatable bonds is 6. The molecule has 4 N–H and O–H groups in total. The van der Waals surface area contributed by atoms with Crippen LogP contribution in [0.3, 0.4) is 0 Å². The van der Waals surface area contributed by atoms with Crippen LogP contribution in [-0.4, -0.2) is 11.8 Å². The highest BCUT2D eigenvalue weighted by molar-refractivity contribution is 5.91. The van der Waals surface area contributed by atoms with Crippen molar-refractivity contribution in [3.05, 3.63) is 64.7 Å². The van der Waals surface area contributed by atoms with E-state index in [1.165, 1.54) is 13.0 Å². The van der Waals surface area contributed by atoms with Gasteiger partial charge in [0.05, 0.1) is 18.0 Å². The fourth-order valence-corrected chi connectivity index (χ4v) is 2.74. The van der Waals surface area contributed by atoms with E-state index in [2.05, 4.69) is 10.6 Å². The lowest BCUT2D eigenvalue weighted by Crippen LogP contribution is -2.29. The molecule has 0 heterocycles. The van der Waals surface area contributed by atoms with Gasteiger partial charge in [-0.05, 0) is 36.2 Å². The minimum atomic E-state index is -4.55. The Hall–Kier alpha value is -2.87. The molecule has 1 atom stereocenters. The lowest BCUT2D eigenvalue weighted by atomic mass is 10.0. The van der Waals surface area contributed by atoms with Crippen LogP contribution in [0.25, 0.3) is 0 Å². The first-order valence-electron chi connectivity index (χ1n) is 8.63. The van der Waals surface area contributed by atoms with E-state index in [0.717, 1.165) is 23.3 Å². The number of benzene rings is 2. The van der Waals surface area contributed by atoms with Gasteiger partial charge in [0, 0.05) is 19.2 Å². The average molecular weight is 393 g/mol. The van der Waals surface area contributed by atoms with Crippen molar-refractivity contribution in [3.63, 3.8) is 0 Å². The molecule has 2 rings (SSSR count). The highest BCUT2D eigenvalue weighted by Crippen LogP contribution is 2.32. The van der Waals surface area contributed by atoms with Gasteiger partial charge in [-0.2, -0.15) is 13.2 Å². The van der Waals surface area contributed by atoms with Gasteiger partial charge in [0.15, 0.2) is 0 Å². The predicted molar refractivity (Wildman–Crippen MR) is 100 cm³/mol. The summed E-state index contributed by atoms with van der Waals surface area (Å²) in [5.41, 5.74) is 6.57. The summed E-state index contributed by atoms with van der Waals surface area (Å²) in [4.78, 5) is 23.9. The second-order valence-corrected chi connectivity index (χ2v) is 6.54. The number of hydrogen-bond donors (Lipinski definition) is 3. The summed E-state index contributed by atoms with van der Waals surface area (Å²) < 4.78 is 39.1. The molecule has 2 aromatic carbocycles. The summed E-state index contributed by atoms with van der Waals surface area (Å²) in [6, 6.07) is 9.88. The molecule has 8 heteroatoms. The minimum absolute atomic E-state index is 0.00533. The zero-order chi connectivity index (χ0) is 20.9. The Bertz CT molecular complexity index is 849. The molecule has 0 aliphatic carbocycles. The maximum atomic E-state index is 13.0. The molecule has 0 bridgehead atoms. The quantitative estimate of drug-likeness (QED) is 0.700. The van der Waals surface area contributed by atoms with E-state index in [4.69, 9.17) is 5.73 Å². The summed E-state index contributed by atoms with van der Waals surface area (Å²) in [6.07, 6.45) is -4.68. The Balaban J connectivity index is 2.20. The largest absolute Gasteiger partial charge is 0.416 e. The molecular formula is C20H22F3N3O2. The molecule has 0 aliphatic rings. The van der Waals surface area contributed by atoms with E-state index >= 15 is 0 Å². The van der Waals surface area contributed by atoms with Crippen molar-refractivity contribution in [2.24, 2.45) is 5.73 Å². The van der Waals surface area contributed by atoms with Crippen LogP contribution < -0.4 is 16.4 Å². The van der Waals surface area contributed by atoms with Crippen LogP contribution >= 0.6 is 0 Å². The van der Waals surface area contributed by atoms with E-state index in [9.17, 15) is 22.8 Å². The Morgan fingerprint density at radius 1 is 1.11 bits per heavy atom. The van der Waals surface area contributed by atoms with Gasteiger partial charge < -0.3 is 16.4 Å². The number of nitrogens with two attached hydrogens (primary N) is 1. The molecule has 0 radical (unpaired) electrons. The van der Waals surface area contributed by atoms with Crippen LogP contribution in [0, 0.1) is 6.92 Å². The van der Waals surface area contributed by atoms with Crippen molar-refractivity contribution >= 4 is 17.5 Å². The SMILES string of the molecule is CC(=O)NC(CC(=O)Nc1cc(CN)cc(C(F)(F)F)c1)c1ccc(C)cc1. The highest BCUT2D eigenvalue weighted by atomic mass is 19.4. The predicted octanol–water partition coefficient (Wildman–Crippen LogP) is 3.68. The molecule has 28 heavy (non-hydrogen) atoms. The number of carbonyl (C=O) groups is 2. The van der Waals surface area contributed by atoms with Gasteiger partial charge in [-0.1, -0.05) is 29.8 Å². The molecule has 0 aromatic heterocycles. The first-order chi connectivity index (χ1) is 13.1. The van der Waals surface area contributed by atoms with Crippen molar-refractivity contribution in [1.29, 1.82) is 0 Å². The summed E-state index contributed by atoms with van der Waals surface area (Å²) >= 11 is 0. The summed E-state index contributed by atoms with van der Waals surface area (Å²) in [7, 11) is 0. The molecule has 0 saturated carbocycles. The molecule has 0 spiro atoms. The van der Waals surface area contributed by atoms with Crippen molar-refractivity contribution in [2.75, 3.05) is 5.32 Å². The average Bonchev–Trinajstić information content (AvgIpc) is 2.60. The second-order valence-electron chi connectivity index (χ2n) is 6.54. The molecule has 150 valence electrons. The zero-order valence-electron chi connectivity index (χ0n) is 15.6. The highest BCUT2D eigenvalue weighted by Gasteiger charge is 2.31. The van der Waals surface area contributed by atoms with Gasteiger partial charge in [0.25, 0.3) is 0 Å². The van der Waals surface area contributed by atoms with Gasteiger partial charge in [-0.15, -0.1) is 0 Å². The number of aryl methyl sites for hydroxylation is 1. The number of carbonyl (C=O) groups excluding carboxylic acids is 2. The van der Waals surface area contributed by atoms with Crippen LogP contribution in [0.15, 0.2) is 42.5 Å². The maximum absolute atomic E-state index is 13.0. The number of anilines is 1. The minimum Gasteiger partial charge on any atom is -0.349 e. The second kappa shape index (κ2) is 8.88. The molecule has 2 amide bonds. The maximum Gasteiger partial charge on any atom is 0.416 e. The summed E-state index contributed by atoms with van der Waals surface area (Å²) in [6.45, 7) is 3.15. The van der Waals surface area contributed by atoms with Gasteiger partial charge in [0.2, 0.25) is 11.8 Å². The monoisotopic (exact) mass is 393 g/mol. The third-order valence-corrected chi connectivity index (χ3v) is 4.09. The van der Waals surface area contributed by atoms with Crippen molar-refractivity contribution in [2.45, 2.75) is 39.0 Å². The van der Waals surface area contributed by atoms with Gasteiger partial charge >= 0.3 is 6.18 Å². The van der Waals surface area contributed by atoms with Crippen LogP contribution in [0.1, 0.15) is 41.6 Å². The van der Waals surface area contributed by atoms with Crippen molar-refractivity contribution < 1.29 is 22.8 Å². The van der Waals surface area contributed by atoms with Crippen LogP contribution in [-0.2, 0) is 22.3 Å². The lowest BCUT2D eigenvalue weighted by molar-refractivity contribution is -0.137. The van der Waals surface area contributed by atoms with E-state index in [1.807, 2.05) is 19.1 Å². The molecule has 2 aromatic rings. The Morgan fingerprint density at radius 3 is 2.29 bits per heavy atom. The topological polar surface area (TPSA) is 84.2 Å². The lowest BCUT2D eigenvalue weighted by Gasteiger charge is -2.19. The van der Waals surface area contributed by atoms with Crippen molar-refractivity contribution in [1.82, 2.24) is 5.32 Å². The van der Waals surface area contributed by atoms with Crippen LogP contribution in [0.4, 0.5) is 18.9 Å². The van der Waals surface area contributed by atoms with Gasteiger partial charge in [0.1, 0.15) is 0 Å². The fraction of sp³-hybridized carbons (Fsp3) is 0.300. The number of halogens is 3. The fourth-order valence-electron chi connectivity index (χ4n) is 2.74. The first kappa shape index (κ1) is 21.4. The van der Waals surface area contributed by atoms with Crippen molar-refractivity contribution in [3.8, 4) is 0 Å². The smallest absolute Gasteiger partial charge is 0.349 e. The third-order valence-electron chi connectivity index (χ3n) is 4.09. The Labute approximate surface area is 161 Å². The van der Waals surface area contributed by atoms with Crippen LogP contribution in [0.2, 0.25) is 0 Å². The third kappa shape index (κ3) is 6.09. The number of alkyl halides is 3. The standard InChI is InChI=1S/C20H22F3N3O2/c1-12-3-5-15(6-4-12)18(25-13(2)27)10-19(28)26-17-8-14(11-24)7-16(9-17)20(21,22)23/h3-9,18H,10-11,24H2,1-2H3,(H,25,27)(H,26,28). The van der Waals surface area contributed by atoms with E-state index in [1.54, 1.807) is 12.1 Å². The summed E-state index contributed by atoms with van der Waals surface area (Å²) in [5.74, 6) is -0.843.